The van der Waals surface area contributed by atoms with E-state index >= 15 is 0 Å². The van der Waals surface area contributed by atoms with E-state index in [9.17, 15) is 4.79 Å². The second kappa shape index (κ2) is 9.20. The van der Waals surface area contributed by atoms with E-state index in [2.05, 4.69) is 39.9 Å². The molecule has 1 N–H and O–H groups in total. The Morgan fingerprint density at radius 3 is 2.73 bits per heavy atom. The van der Waals surface area contributed by atoms with Crippen molar-refractivity contribution in [2.45, 2.75) is 30.8 Å². The van der Waals surface area contributed by atoms with Crippen molar-refractivity contribution < 1.29 is 4.79 Å². The van der Waals surface area contributed by atoms with Crippen molar-refractivity contribution in [2.24, 2.45) is 0 Å². The lowest BCUT2D eigenvalue weighted by molar-refractivity contribution is 0.0946. The first-order valence-corrected chi connectivity index (χ1v) is 9.82. The lowest BCUT2D eigenvalue weighted by Crippen LogP contribution is -2.23. The molecule has 1 heterocycles. The van der Waals surface area contributed by atoms with Gasteiger partial charge in [-0.25, -0.2) is 0 Å². The monoisotopic (exact) mass is 366 g/mol. The highest BCUT2D eigenvalue weighted by Crippen LogP contribution is 2.15. The molecule has 2 aromatic carbocycles. The van der Waals surface area contributed by atoms with E-state index in [4.69, 9.17) is 0 Å². The number of hydrogen-bond acceptors (Lipinski definition) is 4. The van der Waals surface area contributed by atoms with Gasteiger partial charge in [0.15, 0.2) is 5.69 Å². The molecule has 0 saturated heterocycles. The maximum Gasteiger partial charge on any atom is 0.273 e. The molecule has 3 rings (SSSR count). The van der Waals surface area contributed by atoms with E-state index in [-0.39, 0.29) is 5.91 Å². The van der Waals surface area contributed by atoms with Crippen LogP contribution in [0.1, 0.15) is 28.0 Å². The molecule has 0 aliphatic heterocycles. The number of rotatable bonds is 8. The summed E-state index contributed by atoms with van der Waals surface area (Å²) in [6, 6.07) is 18.5. The molecule has 26 heavy (non-hydrogen) atoms. The number of nitrogens with zero attached hydrogens (tertiary/aromatic N) is 3. The summed E-state index contributed by atoms with van der Waals surface area (Å²) in [7, 11) is 0. The lowest BCUT2D eigenvalue weighted by Gasteiger charge is -2.04. The van der Waals surface area contributed by atoms with Gasteiger partial charge in [0.2, 0.25) is 0 Å². The highest BCUT2D eigenvalue weighted by Gasteiger charge is 2.10. The number of thioether (sulfide) groups is 1. The minimum absolute atomic E-state index is 0.200. The van der Waals surface area contributed by atoms with Crippen molar-refractivity contribution in [1.29, 1.82) is 0 Å². The Hall–Kier alpha value is -2.60. The molecule has 134 valence electrons. The van der Waals surface area contributed by atoms with Crippen LogP contribution < -0.4 is 5.32 Å². The molecule has 0 aliphatic rings. The Labute approximate surface area is 157 Å². The summed E-state index contributed by atoms with van der Waals surface area (Å²) in [5.74, 6) is -0.200. The largest absolute Gasteiger partial charge is 0.347 e. The quantitative estimate of drug-likeness (QED) is 0.619. The summed E-state index contributed by atoms with van der Waals surface area (Å²) in [4.78, 5) is 13.4. The number of carbonyl (C=O) groups excluding carboxylic acids is 1. The molecule has 0 atom stereocenters. The van der Waals surface area contributed by atoms with Crippen molar-refractivity contribution in [3.05, 3.63) is 77.6 Å². The molecule has 0 fully saturated rings. The third-order valence-electron chi connectivity index (χ3n) is 4.05. The summed E-state index contributed by atoms with van der Waals surface area (Å²) in [5, 5.41) is 10.9. The number of aryl methyl sites for hydroxylation is 2. The Bertz CT molecular complexity index is 848. The van der Waals surface area contributed by atoms with Crippen molar-refractivity contribution in [3.8, 4) is 0 Å². The molecule has 0 aliphatic carbocycles. The van der Waals surface area contributed by atoms with Crippen LogP contribution in [0.5, 0.6) is 0 Å². The summed E-state index contributed by atoms with van der Waals surface area (Å²) < 4.78 is 1.73. The Morgan fingerprint density at radius 1 is 1.12 bits per heavy atom. The molecule has 0 saturated carbocycles. The van der Waals surface area contributed by atoms with Crippen LogP contribution in [0.25, 0.3) is 0 Å². The van der Waals surface area contributed by atoms with Crippen LogP contribution >= 0.6 is 11.8 Å². The van der Waals surface area contributed by atoms with Gasteiger partial charge in [-0.15, -0.1) is 16.9 Å². The Morgan fingerprint density at radius 2 is 1.92 bits per heavy atom. The molecule has 0 spiro atoms. The highest BCUT2D eigenvalue weighted by molar-refractivity contribution is 7.98. The van der Waals surface area contributed by atoms with Crippen LogP contribution in [-0.4, -0.2) is 27.2 Å². The summed E-state index contributed by atoms with van der Waals surface area (Å²) in [5.41, 5.74) is 2.73. The van der Waals surface area contributed by atoms with Crippen molar-refractivity contribution in [2.75, 3.05) is 6.26 Å². The number of benzene rings is 2. The number of nitrogens with one attached hydrogen (secondary N) is 1. The maximum atomic E-state index is 12.2. The van der Waals surface area contributed by atoms with E-state index < -0.39 is 0 Å². The van der Waals surface area contributed by atoms with E-state index in [0.29, 0.717) is 12.2 Å². The third-order valence-corrected chi connectivity index (χ3v) is 4.78. The SMILES string of the molecule is CSc1cccc(CNC(=O)c2cn(CCCc3ccccc3)nn2)c1. The average molecular weight is 366 g/mol. The number of amides is 1. The first-order valence-electron chi connectivity index (χ1n) is 8.60. The smallest absolute Gasteiger partial charge is 0.273 e. The van der Waals surface area contributed by atoms with Crippen molar-refractivity contribution in [3.63, 3.8) is 0 Å². The van der Waals surface area contributed by atoms with Gasteiger partial charge in [0.1, 0.15) is 0 Å². The van der Waals surface area contributed by atoms with E-state index in [1.54, 1.807) is 22.6 Å². The Balaban J connectivity index is 1.48. The number of carbonyl (C=O) groups is 1. The molecule has 6 heteroatoms. The third kappa shape index (κ3) is 5.20. The van der Waals surface area contributed by atoms with Crippen LogP contribution in [-0.2, 0) is 19.5 Å². The molecule has 5 nitrogen and oxygen atoms in total. The molecular formula is C20H22N4OS. The second-order valence-electron chi connectivity index (χ2n) is 5.99. The molecule has 0 bridgehead atoms. The second-order valence-corrected chi connectivity index (χ2v) is 6.87. The first-order chi connectivity index (χ1) is 12.7. The predicted molar refractivity (Wildman–Crippen MR) is 104 cm³/mol. The minimum Gasteiger partial charge on any atom is -0.347 e. The summed E-state index contributed by atoms with van der Waals surface area (Å²) in [6.45, 7) is 1.22. The maximum absolute atomic E-state index is 12.2. The topological polar surface area (TPSA) is 59.8 Å². The van der Waals surface area contributed by atoms with Gasteiger partial charge in [-0.1, -0.05) is 47.7 Å². The number of hydrogen-bond donors (Lipinski definition) is 1. The summed E-state index contributed by atoms with van der Waals surface area (Å²) in [6.07, 6.45) is 5.68. The van der Waals surface area contributed by atoms with Gasteiger partial charge in [0.05, 0.1) is 6.20 Å². The first kappa shape index (κ1) is 18.2. The highest BCUT2D eigenvalue weighted by atomic mass is 32.2. The van der Waals surface area contributed by atoms with Gasteiger partial charge in [-0.3, -0.25) is 9.48 Å². The van der Waals surface area contributed by atoms with Crippen LogP contribution in [0.2, 0.25) is 0 Å². The predicted octanol–water partition coefficient (Wildman–Crippen LogP) is 3.56. The Kier molecular flexibility index (Phi) is 6.44. The molecule has 1 aromatic heterocycles. The van der Waals surface area contributed by atoms with Gasteiger partial charge in [-0.05, 0) is 42.4 Å². The number of aromatic nitrogens is 3. The molecular weight excluding hydrogens is 344 g/mol. The van der Waals surface area contributed by atoms with Gasteiger partial charge >= 0.3 is 0 Å². The van der Waals surface area contributed by atoms with Gasteiger partial charge < -0.3 is 5.32 Å². The van der Waals surface area contributed by atoms with E-state index in [0.717, 1.165) is 24.9 Å². The fraction of sp³-hybridized carbons (Fsp3) is 0.250. The zero-order valence-corrected chi connectivity index (χ0v) is 15.6. The zero-order chi connectivity index (χ0) is 18.2. The molecule has 1 amide bonds. The van der Waals surface area contributed by atoms with E-state index in [1.807, 2.05) is 36.6 Å². The fourth-order valence-electron chi connectivity index (χ4n) is 2.66. The minimum atomic E-state index is -0.200. The normalized spacial score (nSPS) is 10.7. The van der Waals surface area contributed by atoms with Crippen molar-refractivity contribution >= 4 is 17.7 Å². The lowest BCUT2D eigenvalue weighted by atomic mass is 10.1. The zero-order valence-electron chi connectivity index (χ0n) is 14.8. The van der Waals surface area contributed by atoms with Crippen LogP contribution in [0.3, 0.4) is 0 Å². The van der Waals surface area contributed by atoms with Gasteiger partial charge in [0.25, 0.3) is 5.91 Å². The summed E-state index contributed by atoms with van der Waals surface area (Å²) >= 11 is 1.68. The average Bonchev–Trinajstić information content (AvgIpc) is 3.16. The molecule has 0 radical (unpaired) electrons. The van der Waals surface area contributed by atoms with Gasteiger partial charge in [-0.2, -0.15) is 0 Å². The van der Waals surface area contributed by atoms with Crippen LogP contribution in [0.4, 0.5) is 0 Å². The van der Waals surface area contributed by atoms with Crippen LogP contribution in [0.15, 0.2) is 65.7 Å². The molecule has 0 unspecified atom stereocenters. The molecule has 3 aromatic rings. The van der Waals surface area contributed by atoms with Crippen LogP contribution in [0, 0.1) is 0 Å². The fourth-order valence-corrected chi connectivity index (χ4v) is 3.14. The van der Waals surface area contributed by atoms with Crippen molar-refractivity contribution in [1.82, 2.24) is 20.3 Å². The van der Waals surface area contributed by atoms with Gasteiger partial charge in [0, 0.05) is 18.0 Å². The standard InChI is InChI=1S/C20H22N4OS/c1-26-18-11-5-9-17(13-18)14-21-20(25)19-15-24(23-22-19)12-6-10-16-7-3-2-4-8-16/h2-5,7-9,11,13,15H,6,10,12,14H2,1H3,(H,21,25). The van der Waals surface area contributed by atoms with E-state index in [1.165, 1.54) is 10.5 Å².